The molecule has 154 valence electrons. The molecule has 1 aliphatic rings. The number of halogens is 1. The van der Waals surface area contributed by atoms with Crippen LogP contribution < -0.4 is 19.5 Å². The molecule has 0 saturated carbocycles. The fourth-order valence-corrected chi connectivity index (χ4v) is 2.93. The van der Waals surface area contributed by atoms with Crippen LogP contribution in [0.25, 0.3) is 0 Å². The van der Waals surface area contributed by atoms with E-state index >= 15 is 0 Å². The lowest BCUT2D eigenvalue weighted by Crippen LogP contribution is -2.27. The van der Waals surface area contributed by atoms with Gasteiger partial charge in [0.15, 0.2) is 24.0 Å². The zero-order chi connectivity index (χ0) is 20.5. The molecular formula is C22H24FNO5. The fourth-order valence-electron chi connectivity index (χ4n) is 2.93. The third-order valence-corrected chi connectivity index (χ3v) is 4.50. The van der Waals surface area contributed by atoms with E-state index in [0.29, 0.717) is 61.7 Å². The number of hydrogen-bond donors (Lipinski definition) is 1. The number of carbonyl (C=O) groups is 2. The summed E-state index contributed by atoms with van der Waals surface area (Å²) in [4.78, 5) is 23.9. The maximum atomic E-state index is 12.9. The number of benzene rings is 2. The van der Waals surface area contributed by atoms with E-state index in [1.54, 1.807) is 18.2 Å². The van der Waals surface area contributed by atoms with Crippen molar-refractivity contribution < 1.29 is 28.2 Å². The number of hydrogen-bond acceptors (Lipinski definition) is 5. The van der Waals surface area contributed by atoms with Gasteiger partial charge in [-0.2, -0.15) is 0 Å². The van der Waals surface area contributed by atoms with E-state index in [0.717, 1.165) is 6.42 Å². The van der Waals surface area contributed by atoms with E-state index < -0.39 is 0 Å². The number of fused-ring (bicyclic) bond motifs is 1. The SMILES string of the molecule is O=C(CCCCCC(=O)c1ccc(F)cc1)NCOc1ccc2c(c1)OCCO2. The summed E-state index contributed by atoms with van der Waals surface area (Å²) in [6.07, 6.45) is 2.91. The van der Waals surface area contributed by atoms with Crippen molar-refractivity contribution >= 4 is 11.7 Å². The highest BCUT2D eigenvalue weighted by Gasteiger charge is 2.12. The van der Waals surface area contributed by atoms with Crippen molar-refractivity contribution in [2.75, 3.05) is 19.9 Å². The van der Waals surface area contributed by atoms with Crippen LogP contribution in [-0.2, 0) is 4.79 Å². The lowest BCUT2D eigenvalue weighted by Gasteiger charge is -2.19. The lowest BCUT2D eigenvalue weighted by atomic mass is 10.0. The molecule has 1 N–H and O–H groups in total. The Bertz CT molecular complexity index is 838. The van der Waals surface area contributed by atoms with Gasteiger partial charge in [0.05, 0.1) is 0 Å². The van der Waals surface area contributed by atoms with Crippen LogP contribution in [0.15, 0.2) is 42.5 Å². The van der Waals surface area contributed by atoms with E-state index in [-0.39, 0.29) is 24.2 Å². The van der Waals surface area contributed by atoms with Gasteiger partial charge in [-0.15, -0.1) is 0 Å². The maximum absolute atomic E-state index is 12.9. The number of carbonyl (C=O) groups excluding carboxylic acids is 2. The van der Waals surface area contributed by atoms with E-state index in [1.165, 1.54) is 24.3 Å². The summed E-state index contributed by atoms with van der Waals surface area (Å²) in [5.74, 6) is 1.44. The normalized spacial score (nSPS) is 12.3. The summed E-state index contributed by atoms with van der Waals surface area (Å²) in [7, 11) is 0. The second-order valence-electron chi connectivity index (χ2n) is 6.68. The van der Waals surface area contributed by atoms with Crippen LogP contribution >= 0.6 is 0 Å². The van der Waals surface area contributed by atoms with Gasteiger partial charge < -0.3 is 19.5 Å². The molecule has 1 heterocycles. The molecule has 6 nitrogen and oxygen atoms in total. The minimum Gasteiger partial charge on any atom is -0.486 e. The van der Waals surface area contributed by atoms with E-state index in [2.05, 4.69) is 5.32 Å². The topological polar surface area (TPSA) is 73.9 Å². The molecule has 1 aliphatic heterocycles. The molecule has 29 heavy (non-hydrogen) atoms. The zero-order valence-electron chi connectivity index (χ0n) is 16.1. The average molecular weight is 401 g/mol. The highest BCUT2D eigenvalue weighted by molar-refractivity contribution is 5.95. The number of ether oxygens (including phenoxy) is 3. The molecule has 0 aliphatic carbocycles. The molecule has 0 aromatic heterocycles. The first-order valence-electron chi connectivity index (χ1n) is 9.70. The lowest BCUT2D eigenvalue weighted by molar-refractivity contribution is -0.122. The smallest absolute Gasteiger partial charge is 0.222 e. The Morgan fingerprint density at radius 1 is 0.931 bits per heavy atom. The van der Waals surface area contributed by atoms with Crippen molar-refractivity contribution in [2.45, 2.75) is 32.1 Å². The minimum absolute atomic E-state index is 0.0118. The Kier molecular flexibility index (Phi) is 7.44. The number of ketones is 1. The fraction of sp³-hybridized carbons (Fsp3) is 0.364. The van der Waals surface area contributed by atoms with Gasteiger partial charge in [0.2, 0.25) is 5.91 Å². The van der Waals surface area contributed by atoms with Crippen molar-refractivity contribution in [3.63, 3.8) is 0 Å². The molecule has 0 fully saturated rings. The quantitative estimate of drug-likeness (QED) is 0.372. The van der Waals surface area contributed by atoms with Crippen LogP contribution in [0.4, 0.5) is 4.39 Å². The van der Waals surface area contributed by atoms with Crippen LogP contribution in [0.3, 0.4) is 0 Å². The highest BCUT2D eigenvalue weighted by Crippen LogP contribution is 2.33. The standard InChI is InChI=1S/C22H24FNO5/c23-17-8-6-16(7-9-17)19(25)4-2-1-3-5-22(26)24-15-29-18-10-11-20-21(14-18)28-13-12-27-20/h6-11,14H,1-5,12-13,15H2,(H,24,26). The first kappa shape index (κ1) is 20.6. The second-order valence-corrected chi connectivity index (χ2v) is 6.68. The van der Waals surface area contributed by atoms with E-state index in [9.17, 15) is 14.0 Å². The Morgan fingerprint density at radius 2 is 1.66 bits per heavy atom. The number of amides is 1. The molecule has 0 saturated heterocycles. The van der Waals surface area contributed by atoms with Crippen LogP contribution in [0, 0.1) is 5.82 Å². The van der Waals surface area contributed by atoms with Crippen molar-refractivity contribution in [3.05, 3.63) is 53.8 Å². The molecule has 0 spiro atoms. The molecule has 1 amide bonds. The summed E-state index contributed by atoms with van der Waals surface area (Å²) in [6.45, 7) is 1.11. The minimum atomic E-state index is -0.356. The molecule has 0 atom stereocenters. The zero-order valence-corrected chi connectivity index (χ0v) is 16.1. The monoisotopic (exact) mass is 401 g/mol. The highest BCUT2D eigenvalue weighted by atomic mass is 19.1. The van der Waals surface area contributed by atoms with Gasteiger partial charge >= 0.3 is 0 Å². The molecule has 7 heteroatoms. The van der Waals surface area contributed by atoms with Crippen molar-refractivity contribution in [1.82, 2.24) is 5.32 Å². The molecule has 2 aromatic carbocycles. The second kappa shape index (κ2) is 10.5. The third-order valence-electron chi connectivity index (χ3n) is 4.50. The van der Waals surface area contributed by atoms with Gasteiger partial charge in [0, 0.05) is 24.5 Å². The summed E-state index contributed by atoms with van der Waals surface area (Å²) >= 11 is 0. The Labute approximate surface area is 169 Å². The predicted octanol–water partition coefficient (Wildman–Crippen LogP) is 3.88. The number of Topliss-reactive ketones (excluding diaryl/α,β-unsaturated/α-hetero) is 1. The Balaban J connectivity index is 1.26. The van der Waals surface area contributed by atoms with Gasteiger partial charge in [-0.3, -0.25) is 9.59 Å². The first-order chi connectivity index (χ1) is 14.1. The van der Waals surface area contributed by atoms with Gasteiger partial charge in [0.25, 0.3) is 0 Å². The summed E-state index contributed by atoms with van der Waals surface area (Å²) < 4.78 is 29.3. The molecule has 3 rings (SSSR count). The summed E-state index contributed by atoms with van der Waals surface area (Å²) in [5.41, 5.74) is 0.514. The molecule has 0 bridgehead atoms. The van der Waals surface area contributed by atoms with Crippen molar-refractivity contribution in [3.8, 4) is 17.2 Å². The summed E-state index contributed by atoms with van der Waals surface area (Å²) in [6, 6.07) is 10.8. The number of unbranched alkanes of at least 4 members (excludes halogenated alkanes) is 2. The van der Waals surface area contributed by atoms with E-state index in [4.69, 9.17) is 14.2 Å². The predicted molar refractivity (Wildman–Crippen MR) is 105 cm³/mol. The largest absolute Gasteiger partial charge is 0.486 e. The van der Waals surface area contributed by atoms with Crippen molar-refractivity contribution in [2.24, 2.45) is 0 Å². The van der Waals surface area contributed by atoms with Crippen LogP contribution in [-0.4, -0.2) is 31.6 Å². The Morgan fingerprint density at radius 3 is 2.45 bits per heavy atom. The van der Waals surface area contributed by atoms with Gasteiger partial charge in [0.1, 0.15) is 24.8 Å². The number of nitrogens with one attached hydrogen (secondary N) is 1. The van der Waals surface area contributed by atoms with Crippen LogP contribution in [0.1, 0.15) is 42.5 Å². The van der Waals surface area contributed by atoms with Gasteiger partial charge in [-0.05, 0) is 49.2 Å². The van der Waals surface area contributed by atoms with Crippen LogP contribution in [0.5, 0.6) is 17.2 Å². The Hall–Kier alpha value is -3.09. The van der Waals surface area contributed by atoms with Crippen molar-refractivity contribution in [1.29, 1.82) is 0 Å². The summed E-state index contributed by atoms with van der Waals surface area (Å²) in [5, 5.41) is 2.71. The molecule has 0 unspecified atom stereocenters. The molecular weight excluding hydrogens is 377 g/mol. The van der Waals surface area contributed by atoms with E-state index in [1.807, 2.05) is 0 Å². The number of rotatable bonds is 10. The molecule has 2 aromatic rings. The average Bonchev–Trinajstić information content (AvgIpc) is 2.74. The first-order valence-corrected chi connectivity index (χ1v) is 9.70. The maximum Gasteiger partial charge on any atom is 0.222 e. The van der Waals surface area contributed by atoms with Gasteiger partial charge in [-0.25, -0.2) is 4.39 Å². The van der Waals surface area contributed by atoms with Crippen LogP contribution in [0.2, 0.25) is 0 Å². The third kappa shape index (κ3) is 6.48. The molecule has 0 radical (unpaired) electrons. The van der Waals surface area contributed by atoms with Gasteiger partial charge in [-0.1, -0.05) is 6.42 Å².